The molecule has 1 aliphatic carbocycles. The minimum Gasteiger partial charge on any atom is -0.370 e. The average Bonchev–Trinajstić information content (AvgIpc) is 2.90. The van der Waals surface area contributed by atoms with Crippen LogP contribution in [0.2, 0.25) is 0 Å². The van der Waals surface area contributed by atoms with Gasteiger partial charge in [0.1, 0.15) is 0 Å². The Bertz CT molecular complexity index is 628. The molecule has 3 rings (SSSR count). The molecule has 110 valence electrons. The van der Waals surface area contributed by atoms with E-state index >= 15 is 0 Å². The Kier molecular flexibility index (Phi) is 4.24. The van der Waals surface area contributed by atoms with Crippen LogP contribution in [-0.4, -0.2) is 21.8 Å². The fourth-order valence-electron chi connectivity index (χ4n) is 2.16. The summed E-state index contributed by atoms with van der Waals surface area (Å²) in [5, 5.41) is 7.58. The van der Waals surface area contributed by atoms with Crippen LogP contribution in [0, 0.1) is 0 Å². The van der Waals surface area contributed by atoms with Crippen LogP contribution in [0.15, 0.2) is 46.1 Å². The molecular weight excluding hydrogens is 330 g/mol. The first-order valence-electron chi connectivity index (χ1n) is 7.06. The van der Waals surface area contributed by atoms with Crippen LogP contribution in [0.25, 0.3) is 5.69 Å². The van der Waals surface area contributed by atoms with Crippen molar-refractivity contribution in [1.82, 2.24) is 15.1 Å². The SMILES string of the molecule is NC(=NCc1cnn(-c2ccc(Br)cc2)c1)NC1CCC1. The Labute approximate surface area is 132 Å². The van der Waals surface area contributed by atoms with Gasteiger partial charge in [-0.2, -0.15) is 5.10 Å². The first-order chi connectivity index (χ1) is 10.2. The lowest BCUT2D eigenvalue weighted by molar-refractivity contribution is 0.382. The average molecular weight is 348 g/mol. The van der Waals surface area contributed by atoms with Gasteiger partial charge in [0.05, 0.1) is 18.4 Å². The topological polar surface area (TPSA) is 68.2 Å². The fraction of sp³-hybridized carbons (Fsp3) is 0.333. The molecule has 1 aliphatic rings. The van der Waals surface area contributed by atoms with E-state index in [0.29, 0.717) is 18.5 Å². The molecule has 3 N–H and O–H groups in total. The lowest BCUT2D eigenvalue weighted by Crippen LogP contribution is -2.43. The summed E-state index contributed by atoms with van der Waals surface area (Å²) < 4.78 is 2.89. The van der Waals surface area contributed by atoms with Gasteiger partial charge in [0.25, 0.3) is 0 Å². The lowest BCUT2D eigenvalue weighted by Gasteiger charge is -2.26. The van der Waals surface area contributed by atoms with Gasteiger partial charge in [-0.3, -0.25) is 0 Å². The standard InChI is InChI=1S/C15H18BrN5/c16-12-4-6-14(7-5-12)21-10-11(9-19-21)8-18-15(17)20-13-2-1-3-13/h4-7,9-10,13H,1-3,8H2,(H3,17,18,20). The van der Waals surface area contributed by atoms with Gasteiger partial charge < -0.3 is 11.1 Å². The Morgan fingerprint density at radius 1 is 1.38 bits per heavy atom. The third kappa shape index (κ3) is 3.64. The first kappa shape index (κ1) is 14.1. The van der Waals surface area contributed by atoms with E-state index in [-0.39, 0.29) is 0 Å². The van der Waals surface area contributed by atoms with Crippen LogP contribution in [-0.2, 0) is 6.54 Å². The Morgan fingerprint density at radius 2 is 2.14 bits per heavy atom. The van der Waals surface area contributed by atoms with E-state index in [4.69, 9.17) is 5.73 Å². The van der Waals surface area contributed by atoms with Crippen LogP contribution >= 0.6 is 15.9 Å². The van der Waals surface area contributed by atoms with Crippen molar-refractivity contribution >= 4 is 21.9 Å². The van der Waals surface area contributed by atoms with Crippen molar-refractivity contribution in [2.45, 2.75) is 31.8 Å². The van der Waals surface area contributed by atoms with Crippen molar-refractivity contribution in [3.63, 3.8) is 0 Å². The van der Waals surface area contributed by atoms with Gasteiger partial charge in [0.2, 0.25) is 0 Å². The number of aromatic nitrogens is 2. The normalized spacial score (nSPS) is 15.8. The molecule has 0 amide bonds. The van der Waals surface area contributed by atoms with Gasteiger partial charge in [-0.15, -0.1) is 0 Å². The molecule has 0 bridgehead atoms. The minimum atomic E-state index is 0.513. The second-order valence-electron chi connectivity index (χ2n) is 5.24. The molecule has 6 heteroatoms. The van der Waals surface area contributed by atoms with Crippen molar-refractivity contribution in [3.05, 3.63) is 46.7 Å². The summed E-state index contributed by atoms with van der Waals surface area (Å²) in [6, 6.07) is 8.53. The van der Waals surface area contributed by atoms with Gasteiger partial charge in [-0.25, -0.2) is 9.67 Å². The molecule has 1 aromatic carbocycles. The molecule has 2 aromatic rings. The van der Waals surface area contributed by atoms with Gasteiger partial charge >= 0.3 is 0 Å². The summed E-state index contributed by atoms with van der Waals surface area (Å²) >= 11 is 3.43. The number of nitrogens with zero attached hydrogens (tertiary/aromatic N) is 3. The Hall–Kier alpha value is -1.82. The van der Waals surface area contributed by atoms with Crippen molar-refractivity contribution in [2.24, 2.45) is 10.7 Å². The summed E-state index contributed by atoms with van der Waals surface area (Å²) in [7, 11) is 0. The maximum absolute atomic E-state index is 5.87. The van der Waals surface area contributed by atoms with Crippen molar-refractivity contribution in [1.29, 1.82) is 0 Å². The van der Waals surface area contributed by atoms with Crippen LogP contribution < -0.4 is 11.1 Å². The number of aliphatic imine (C=N–C) groups is 1. The van der Waals surface area contributed by atoms with Crippen molar-refractivity contribution < 1.29 is 0 Å². The zero-order valence-electron chi connectivity index (χ0n) is 11.7. The third-order valence-electron chi connectivity index (χ3n) is 3.62. The number of guanidine groups is 1. The molecule has 0 atom stereocenters. The van der Waals surface area contributed by atoms with Crippen LogP contribution in [0.5, 0.6) is 0 Å². The fourth-order valence-corrected chi connectivity index (χ4v) is 2.42. The first-order valence-corrected chi connectivity index (χ1v) is 7.86. The van der Waals surface area contributed by atoms with Gasteiger partial charge in [0.15, 0.2) is 5.96 Å². The summed E-state index contributed by atoms with van der Waals surface area (Å²) in [5.74, 6) is 0.524. The summed E-state index contributed by atoms with van der Waals surface area (Å²) in [4.78, 5) is 4.36. The van der Waals surface area contributed by atoms with Crippen LogP contribution in [0.3, 0.4) is 0 Å². The molecule has 21 heavy (non-hydrogen) atoms. The molecule has 1 fully saturated rings. The van der Waals surface area contributed by atoms with E-state index in [0.717, 1.165) is 15.7 Å². The molecule has 1 saturated carbocycles. The number of benzene rings is 1. The van der Waals surface area contributed by atoms with Crippen molar-refractivity contribution in [2.75, 3.05) is 0 Å². The summed E-state index contributed by atoms with van der Waals surface area (Å²) in [5.41, 5.74) is 7.93. The molecule has 0 saturated heterocycles. The zero-order chi connectivity index (χ0) is 14.7. The van der Waals surface area contributed by atoms with E-state index in [2.05, 4.69) is 31.3 Å². The maximum Gasteiger partial charge on any atom is 0.189 e. The molecule has 1 aromatic heterocycles. The van der Waals surface area contributed by atoms with E-state index in [1.54, 1.807) is 0 Å². The molecule has 5 nitrogen and oxygen atoms in total. The summed E-state index contributed by atoms with van der Waals surface area (Å²) in [6.45, 7) is 0.544. The van der Waals surface area contributed by atoms with E-state index in [1.165, 1.54) is 19.3 Å². The quantitative estimate of drug-likeness (QED) is 0.659. The van der Waals surface area contributed by atoms with Crippen LogP contribution in [0.1, 0.15) is 24.8 Å². The monoisotopic (exact) mass is 347 g/mol. The molecule has 0 unspecified atom stereocenters. The van der Waals surface area contributed by atoms with Gasteiger partial charge in [-0.05, 0) is 43.5 Å². The lowest BCUT2D eigenvalue weighted by atomic mass is 9.93. The van der Waals surface area contributed by atoms with Crippen LogP contribution in [0.4, 0.5) is 0 Å². The molecule has 0 spiro atoms. The Morgan fingerprint density at radius 3 is 2.81 bits per heavy atom. The van der Waals surface area contributed by atoms with Gasteiger partial charge in [0, 0.05) is 22.3 Å². The Balaban J connectivity index is 1.62. The largest absolute Gasteiger partial charge is 0.370 e. The van der Waals surface area contributed by atoms with Gasteiger partial charge in [-0.1, -0.05) is 15.9 Å². The van der Waals surface area contributed by atoms with E-state index < -0.39 is 0 Å². The number of hydrogen-bond acceptors (Lipinski definition) is 2. The number of halogens is 1. The number of rotatable bonds is 4. The highest BCUT2D eigenvalue weighted by Crippen LogP contribution is 2.17. The third-order valence-corrected chi connectivity index (χ3v) is 4.15. The molecular formula is C15H18BrN5. The minimum absolute atomic E-state index is 0.513. The number of nitrogens with two attached hydrogens (primary N) is 1. The second kappa shape index (κ2) is 6.30. The molecule has 0 aliphatic heterocycles. The predicted octanol–water partition coefficient (Wildman–Crippen LogP) is 2.59. The summed E-state index contributed by atoms with van der Waals surface area (Å²) in [6.07, 6.45) is 7.46. The van der Waals surface area contributed by atoms with E-state index in [9.17, 15) is 0 Å². The maximum atomic E-state index is 5.87. The number of hydrogen-bond donors (Lipinski definition) is 2. The smallest absolute Gasteiger partial charge is 0.189 e. The van der Waals surface area contributed by atoms with E-state index in [1.807, 2.05) is 41.3 Å². The molecule has 1 heterocycles. The zero-order valence-corrected chi connectivity index (χ0v) is 13.3. The highest BCUT2D eigenvalue weighted by Gasteiger charge is 2.17. The molecule has 0 radical (unpaired) electrons. The highest BCUT2D eigenvalue weighted by molar-refractivity contribution is 9.10. The highest BCUT2D eigenvalue weighted by atomic mass is 79.9. The number of nitrogens with one attached hydrogen (secondary N) is 1. The predicted molar refractivity (Wildman–Crippen MR) is 87.4 cm³/mol. The van der Waals surface area contributed by atoms with Crippen molar-refractivity contribution in [3.8, 4) is 5.69 Å². The second-order valence-corrected chi connectivity index (χ2v) is 6.16.